The third-order valence-electron chi connectivity index (χ3n) is 3.09. The van der Waals surface area contributed by atoms with Gasteiger partial charge in [0.1, 0.15) is 0 Å². The normalized spacial score (nSPS) is 27.0. The summed E-state index contributed by atoms with van der Waals surface area (Å²) < 4.78 is 11.4. The average molecular weight is 237 g/mol. The molecular weight excluding hydrogens is 222 g/mol. The molecule has 0 bridgehead atoms. The number of ether oxygens (including phenoxy) is 2. The SMILES string of the molecule is CC1OC(c2ccc([N+](=O)[O-])cc2)OC1(C)C. The molecule has 1 aromatic rings. The van der Waals surface area contributed by atoms with Crippen LogP contribution in [0, 0.1) is 10.1 Å². The monoisotopic (exact) mass is 237 g/mol. The Kier molecular flexibility index (Phi) is 2.89. The number of rotatable bonds is 2. The zero-order valence-electron chi connectivity index (χ0n) is 10.0. The Hall–Kier alpha value is -1.46. The Morgan fingerprint density at radius 2 is 1.88 bits per heavy atom. The predicted octanol–water partition coefficient (Wildman–Crippen LogP) is 2.81. The standard InChI is InChI=1S/C12H15NO4/c1-8-12(2,3)17-11(16-8)9-4-6-10(7-5-9)13(14)15/h4-8,11H,1-3H3. The Balaban J connectivity index is 2.17. The molecule has 92 valence electrons. The van der Waals surface area contributed by atoms with Gasteiger partial charge in [-0.1, -0.05) is 0 Å². The van der Waals surface area contributed by atoms with Crippen molar-refractivity contribution in [1.82, 2.24) is 0 Å². The number of non-ortho nitro benzene ring substituents is 1. The minimum absolute atomic E-state index is 0.0114. The second-order valence-corrected chi connectivity index (χ2v) is 4.68. The maximum Gasteiger partial charge on any atom is 0.269 e. The molecule has 1 fully saturated rings. The van der Waals surface area contributed by atoms with E-state index in [0.29, 0.717) is 0 Å². The molecule has 17 heavy (non-hydrogen) atoms. The zero-order valence-corrected chi connectivity index (χ0v) is 10.0. The van der Waals surface area contributed by atoms with Gasteiger partial charge < -0.3 is 9.47 Å². The van der Waals surface area contributed by atoms with Crippen molar-refractivity contribution in [3.05, 3.63) is 39.9 Å². The molecule has 5 heteroatoms. The molecule has 0 spiro atoms. The van der Waals surface area contributed by atoms with Crippen LogP contribution < -0.4 is 0 Å². The zero-order chi connectivity index (χ0) is 12.6. The third-order valence-corrected chi connectivity index (χ3v) is 3.09. The van der Waals surface area contributed by atoms with E-state index < -0.39 is 11.2 Å². The third kappa shape index (κ3) is 2.30. The molecule has 5 nitrogen and oxygen atoms in total. The molecule has 0 saturated carbocycles. The highest BCUT2D eigenvalue weighted by molar-refractivity contribution is 5.33. The van der Waals surface area contributed by atoms with Crippen molar-refractivity contribution in [2.75, 3.05) is 0 Å². The summed E-state index contributed by atoms with van der Waals surface area (Å²) in [5, 5.41) is 10.5. The lowest BCUT2D eigenvalue weighted by atomic mass is 10.0. The van der Waals surface area contributed by atoms with Crippen molar-refractivity contribution < 1.29 is 14.4 Å². The highest BCUT2D eigenvalue weighted by Crippen LogP contribution is 2.37. The van der Waals surface area contributed by atoms with Gasteiger partial charge in [0.15, 0.2) is 6.29 Å². The minimum atomic E-state index is -0.444. The fourth-order valence-electron chi connectivity index (χ4n) is 1.65. The second kappa shape index (κ2) is 4.09. The van der Waals surface area contributed by atoms with Crippen molar-refractivity contribution in [3.8, 4) is 0 Å². The van der Waals surface area contributed by atoms with Crippen LogP contribution in [-0.4, -0.2) is 16.6 Å². The van der Waals surface area contributed by atoms with Gasteiger partial charge in [-0.05, 0) is 32.9 Å². The van der Waals surface area contributed by atoms with Gasteiger partial charge in [-0.15, -0.1) is 0 Å². The van der Waals surface area contributed by atoms with Crippen molar-refractivity contribution in [2.45, 2.75) is 38.8 Å². The number of hydrogen-bond donors (Lipinski definition) is 0. The van der Waals surface area contributed by atoms with E-state index in [0.717, 1.165) is 5.56 Å². The maximum atomic E-state index is 10.5. The molecule has 1 aromatic carbocycles. The Morgan fingerprint density at radius 1 is 1.29 bits per heavy atom. The van der Waals surface area contributed by atoms with E-state index in [2.05, 4.69) is 0 Å². The summed E-state index contributed by atoms with van der Waals surface area (Å²) in [5.41, 5.74) is 0.527. The summed E-state index contributed by atoms with van der Waals surface area (Å²) >= 11 is 0. The van der Waals surface area contributed by atoms with E-state index in [1.54, 1.807) is 12.1 Å². The largest absolute Gasteiger partial charge is 0.342 e. The Labute approximate surface area is 99.5 Å². The summed E-state index contributed by atoms with van der Waals surface area (Å²) in [6.45, 7) is 5.87. The van der Waals surface area contributed by atoms with Gasteiger partial charge in [-0.3, -0.25) is 10.1 Å². The average Bonchev–Trinajstić information content (AvgIpc) is 2.54. The van der Waals surface area contributed by atoms with Crippen LogP contribution in [0.5, 0.6) is 0 Å². The molecule has 2 atom stereocenters. The lowest BCUT2D eigenvalue weighted by Gasteiger charge is -2.19. The van der Waals surface area contributed by atoms with Crippen LogP contribution in [-0.2, 0) is 9.47 Å². The molecule has 1 heterocycles. The number of nitro groups is 1. The van der Waals surface area contributed by atoms with Crippen molar-refractivity contribution in [1.29, 1.82) is 0 Å². The molecular formula is C12H15NO4. The number of benzene rings is 1. The van der Waals surface area contributed by atoms with Crippen LogP contribution in [0.25, 0.3) is 0 Å². The van der Waals surface area contributed by atoms with Gasteiger partial charge >= 0.3 is 0 Å². The predicted molar refractivity (Wildman–Crippen MR) is 61.5 cm³/mol. The molecule has 0 N–H and O–H groups in total. The van der Waals surface area contributed by atoms with E-state index in [-0.39, 0.29) is 17.4 Å². The summed E-state index contributed by atoms with van der Waals surface area (Å²) in [5.74, 6) is 0. The van der Waals surface area contributed by atoms with E-state index in [1.165, 1.54) is 12.1 Å². The molecule has 1 aliphatic heterocycles. The minimum Gasteiger partial charge on any atom is -0.342 e. The fourth-order valence-corrected chi connectivity index (χ4v) is 1.65. The van der Waals surface area contributed by atoms with Gasteiger partial charge in [0, 0.05) is 17.7 Å². The van der Waals surface area contributed by atoms with Crippen molar-refractivity contribution in [3.63, 3.8) is 0 Å². The molecule has 0 aromatic heterocycles. The van der Waals surface area contributed by atoms with Gasteiger partial charge in [0.25, 0.3) is 5.69 Å². The highest BCUT2D eigenvalue weighted by atomic mass is 16.7. The molecule has 2 rings (SSSR count). The Bertz CT molecular complexity index is 427. The summed E-state index contributed by atoms with van der Waals surface area (Å²) in [7, 11) is 0. The van der Waals surface area contributed by atoms with Crippen LogP contribution in [0.15, 0.2) is 24.3 Å². The summed E-state index contributed by atoms with van der Waals surface area (Å²) in [4.78, 5) is 10.1. The van der Waals surface area contributed by atoms with Crippen LogP contribution in [0.2, 0.25) is 0 Å². The van der Waals surface area contributed by atoms with Gasteiger partial charge in [0.05, 0.1) is 16.6 Å². The second-order valence-electron chi connectivity index (χ2n) is 4.68. The van der Waals surface area contributed by atoms with Crippen LogP contribution in [0.4, 0.5) is 5.69 Å². The van der Waals surface area contributed by atoms with Crippen LogP contribution >= 0.6 is 0 Å². The number of nitro benzene ring substituents is 1. The number of nitrogens with zero attached hydrogens (tertiary/aromatic N) is 1. The molecule has 0 radical (unpaired) electrons. The van der Waals surface area contributed by atoms with Crippen molar-refractivity contribution in [2.24, 2.45) is 0 Å². The first kappa shape index (κ1) is 12.0. The highest BCUT2D eigenvalue weighted by Gasteiger charge is 2.40. The quantitative estimate of drug-likeness (QED) is 0.586. The maximum absolute atomic E-state index is 10.5. The van der Waals surface area contributed by atoms with Crippen LogP contribution in [0.3, 0.4) is 0 Å². The number of hydrogen-bond acceptors (Lipinski definition) is 4. The van der Waals surface area contributed by atoms with Gasteiger partial charge in [-0.25, -0.2) is 0 Å². The molecule has 1 aliphatic rings. The molecule has 2 unspecified atom stereocenters. The molecule has 1 saturated heterocycles. The van der Waals surface area contributed by atoms with E-state index in [1.807, 2.05) is 20.8 Å². The first-order chi connectivity index (χ1) is 7.90. The summed E-state index contributed by atoms with van der Waals surface area (Å²) in [6.07, 6.45) is -0.455. The first-order valence-electron chi connectivity index (χ1n) is 5.48. The van der Waals surface area contributed by atoms with E-state index in [9.17, 15) is 10.1 Å². The van der Waals surface area contributed by atoms with Gasteiger partial charge in [0.2, 0.25) is 0 Å². The Morgan fingerprint density at radius 3 is 2.29 bits per heavy atom. The molecule has 0 aliphatic carbocycles. The first-order valence-corrected chi connectivity index (χ1v) is 5.48. The summed E-state index contributed by atoms with van der Waals surface area (Å²) in [6, 6.07) is 6.24. The lowest BCUT2D eigenvalue weighted by Crippen LogP contribution is -2.29. The van der Waals surface area contributed by atoms with Crippen molar-refractivity contribution >= 4 is 5.69 Å². The lowest BCUT2D eigenvalue weighted by molar-refractivity contribution is -0.384. The van der Waals surface area contributed by atoms with Crippen LogP contribution in [0.1, 0.15) is 32.6 Å². The topological polar surface area (TPSA) is 61.6 Å². The smallest absolute Gasteiger partial charge is 0.269 e. The van der Waals surface area contributed by atoms with E-state index >= 15 is 0 Å². The fraction of sp³-hybridized carbons (Fsp3) is 0.500. The molecule has 0 amide bonds. The van der Waals surface area contributed by atoms with Gasteiger partial charge in [-0.2, -0.15) is 0 Å². The van der Waals surface area contributed by atoms with E-state index in [4.69, 9.17) is 9.47 Å².